The van der Waals surface area contributed by atoms with Gasteiger partial charge in [-0.15, -0.1) is 0 Å². The molecule has 1 atom stereocenters. The summed E-state index contributed by atoms with van der Waals surface area (Å²) in [5.74, 6) is 1.97. The highest BCUT2D eigenvalue weighted by Gasteiger charge is 2.24. The number of hydrogen-bond acceptors (Lipinski definition) is 2. The summed E-state index contributed by atoms with van der Waals surface area (Å²) < 4.78 is 0. The monoisotopic (exact) mass is 201 g/mol. The molecular formula is C11H23NS. The SMILES string of the molecule is CN(C)C(CCS)C1CCCCC1. The van der Waals surface area contributed by atoms with Gasteiger partial charge in [-0.05, 0) is 45.0 Å². The van der Waals surface area contributed by atoms with Crippen molar-refractivity contribution in [2.45, 2.75) is 44.6 Å². The summed E-state index contributed by atoms with van der Waals surface area (Å²) in [5, 5.41) is 0. The molecular weight excluding hydrogens is 178 g/mol. The molecule has 78 valence electrons. The van der Waals surface area contributed by atoms with Gasteiger partial charge in [-0.2, -0.15) is 12.6 Å². The van der Waals surface area contributed by atoms with Gasteiger partial charge >= 0.3 is 0 Å². The van der Waals surface area contributed by atoms with Crippen LogP contribution >= 0.6 is 12.6 Å². The first-order valence-corrected chi connectivity index (χ1v) is 6.16. The molecule has 0 saturated heterocycles. The predicted octanol–water partition coefficient (Wildman–Crippen LogP) is 2.82. The lowest BCUT2D eigenvalue weighted by Crippen LogP contribution is -2.36. The highest BCUT2D eigenvalue weighted by Crippen LogP contribution is 2.29. The van der Waals surface area contributed by atoms with Crippen molar-refractivity contribution in [1.82, 2.24) is 4.90 Å². The number of rotatable bonds is 4. The Balaban J connectivity index is 2.41. The van der Waals surface area contributed by atoms with Gasteiger partial charge in [0, 0.05) is 6.04 Å². The standard InChI is InChI=1S/C11H23NS/c1-12(2)11(8-9-13)10-6-4-3-5-7-10/h10-11,13H,3-9H2,1-2H3. The average Bonchev–Trinajstić information content (AvgIpc) is 2.15. The lowest BCUT2D eigenvalue weighted by Gasteiger charge is -2.34. The number of nitrogens with zero attached hydrogens (tertiary/aromatic N) is 1. The fourth-order valence-electron chi connectivity index (χ4n) is 2.57. The molecule has 0 aromatic heterocycles. The van der Waals surface area contributed by atoms with Crippen molar-refractivity contribution >= 4 is 12.6 Å². The molecule has 2 heteroatoms. The van der Waals surface area contributed by atoms with Gasteiger partial charge in [0.25, 0.3) is 0 Å². The minimum Gasteiger partial charge on any atom is -0.306 e. The maximum absolute atomic E-state index is 4.35. The van der Waals surface area contributed by atoms with Crippen molar-refractivity contribution in [2.75, 3.05) is 19.8 Å². The zero-order chi connectivity index (χ0) is 9.68. The zero-order valence-electron chi connectivity index (χ0n) is 9.00. The van der Waals surface area contributed by atoms with E-state index >= 15 is 0 Å². The van der Waals surface area contributed by atoms with Crippen molar-refractivity contribution in [1.29, 1.82) is 0 Å². The number of thiol groups is 1. The molecule has 1 nitrogen and oxygen atoms in total. The van der Waals surface area contributed by atoms with E-state index in [-0.39, 0.29) is 0 Å². The third kappa shape index (κ3) is 3.51. The fraction of sp³-hybridized carbons (Fsp3) is 1.00. The predicted molar refractivity (Wildman–Crippen MR) is 62.5 cm³/mol. The molecule has 1 aliphatic rings. The molecule has 1 unspecified atom stereocenters. The van der Waals surface area contributed by atoms with E-state index in [1.807, 2.05) is 0 Å². The van der Waals surface area contributed by atoms with Crippen LogP contribution in [0.4, 0.5) is 0 Å². The van der Waals surface area contributed by atoms with Crippen molar-refractivity contribution in [3.8, 4) is 0 Å². The van der Waals surface area contributed by atoms with Gasteiger partial charge in [0.1, 0.15) is 0 Å². The molecule has 1 fully saturated rings. The summed E-state index contributed by atoms with van der Waals surface area (Å²) in [7, 11) is 4.42. The lowest BCUT2D eigenvalue weighted by atomic mass is 9.82. The first-order valence-electron chi connectivity index (χ1n) is 5.53. The van der Waals surface area contributed by atoms with Crippen LogP contribution in [0, 0.1) is 5.92 Å². The van der Waals surface area contributed by atoms with Gasteiger partial charge in [-0.25, -0.2) is 0 Å². The van der Waals surface area contributed by atoms with E-state index < -0.39 is 0 Å². The minimum absolute atomic E-state index is 0.776. The largest absolute Gasteiger partial charge is 0.306 e. The van der Waals surface area contributed by atoms with E-state index in [9.17, 15) is 0 Å². The summed E-state index contributed by atoms with van der Waals surface area (Å²) in [6.07, 6.45) is 8.48. The van der Waals surface area contributed by atoms with Gasteiger partial charge < -0.3 is 4.90 Å². The van der Waals surface area contributed by atoms with Gasteiger partial charge in [0.2, 0.25) is 0 Å². The van der Waals surface area contributed by atoms with Crippen molar-refractivity contribution in [3.05, 3.63) is 0 Å². The summed E-state index contributed by atoms with van der Waals surface area (Å²) in [4.78, 5) is 2.40. The molecule has 0 radical (unpaired) electrons. The second-order valence-corrected chi connectivity index (χ2v) is 4.89. The molecule has 1 rings (SSSR count). The second kappa shape index (κ2) is 5.92. The fourth-order valence-corrected chi connectivity index (χ4v) is 2.83. The molecule has 13 heavy (non-hydrogen) atoms. The first kappa shape index (κ1) is 11.4. The maximum Gasteiger partial charge on any atom is 0.0125 e. The molecule has 0 amide bonds. The van der Waals surface area contributed by atoms with E-state index in [4.69, 9.17) is 0 Å². The normalized spacial score (nSPS) is 22.2. The van der Waals surface area contributed by atoms with Gasteiger partial charge in [0.15, 0.2) is 0 Å². The lowest BCUT2D eigenvalue weighted by molar-refractivity contribution is 0.166. The first-order chi connectivity index (χ1) is 6.25. The Hall–Kier alpha value is 0.310. The molecule has 1 saturated carbocycles. The molecule has 0 aromatic rings. The molecule has 0 aromatic carbocycles. The van der Waals surface area contributed by atoms with Crippen LogP contribution in [0.5, 0.6) is 0 Å². The maximum atomic E-state index is 4.35. The van der Waals surface area contributed by atoms with E-state index in [2.05, 4.69) is 31.6 Å². The summed E-state index contributed by atoms with van der Waals surface area (Å²) in [6.45, 7) is 0. The second-order valence-electron chi connectivity index (χ2n) is 4.44. The third-order valence-electron chi connectivity index (χ3n) is 3.28. The van der Waals surface area contributed by atoms with Crippen LogP contribution in [0.3, 0.4) is 0 Å². The smallest absolute Gasteiger partial charge is 0.0125 e. The molecule has 0 spiro atoms. The molecule has 1 aliphatic carbocycles. The summed E-state index contributed by atoms with van der Waals surface area (Å²) >= 11 is 4.35. The van der Waals surface area contributed by atoms with E-state index in [1.54, 1.807) is 0 Å². The topological polar surface area (TPSA) is 3.24 Å². The molecule has 0 bridgehead atoms. The van der Waals surface area contributed by atoms with Crippen molar-refractivity contribution < 1.29 is 0 Å². The molecule has 0 N–H and O–H groups in total. The van der Waals surface area contributed by atoms with Crippen LogP contribution in [0.1, 0.15) is 38.5 Å². The highest BCUT2D eigenvalue weighted by molar-refractivity contribution is 7.80. The average molecular weight is 201 g/mol. The Kier molecular flexibility index (Phi) is 5.18. The molecule has 0 heterocycles. The minimum atomic E-state index is 0.776. The van der Waals surface area contributed by atoms with E-state index in [0.717, 1.165) is 17.7 Å². The zero-order valence-corrected chi connectivity index (χ0v) is 9.89. The van der Waals surface area contributed by atoms with Gasteiger partial charge in [0.05, 0.1) is 0 Å². The van der Waals surface area contributed by atoms with Crippen LogP contribution in [-0.2, 0) is 0 Å². The quantitative estimate of drug-likeness (QED) is 0.685. The Bertz CT molecular complexity index is 130. The Morgan fingerprint density at radius 3 is 2.31 bits per heavy atom. The molecule has 0 aliphatic heterocycles. The van der Waals surface area contributed by atoms with Crippen LogP contribution in [0.25, 0.3) is 0 Å². The Labute approximate surface area is 88.3 Å². The summed E-state index contributed by atoms with van der Waals surface area (Å²) in [5.41, 5.74) is 0. The summed E-state index contributed by atoms with van der Waals surface area (Å²) in [6, 6.07) is 0.776. The third-order valence-corrected chi connectivity index (χ3v) is 3.54. The van der Waals surface area contributed by atoms with Crippen molar-refractivity contribution in [3.63, 3.8) is 0 Å². The van der Waals surface area contributed by atoms with Gasteiger partial charge in [-0.1, -0.05) is 19.3 Å². The van der Waals surface area contributed by atoms with Crippen molar-refractivity contribution in [2.24, 2.45) is 5.92 Å². The van der Waals surface area contributed by atoms with Crippen LogP contribution < -0.4 is 0 Å². The van der Waals surface area contributed by atoms with E-state index in [0.29, 0.717) is 0 Å². The van der Waals surface area contributed by atoms with Crippen LogP contribution in [0.2, 0.25) is 0 Å². The van der Waals surface area contributed by atoms with Crippen LogP contribution in [0.15, 0.2) is 0 Å². The Morgan fingerprint density at radius 1 is 1.23 bits per heavy atom. The van der Waals surface area contributed by atoms with Crippen LogP contribution in [-0.4, -0.2) is 30.8 Å². The highest BCUT2D eigenvalue weighted by atomic mass is 32.1. The number of hydrogen-bond donors (Lipinski definition) is 1. The Morgan fingerprint density at radius 2 is 1.85 bits per heavy atom. The van der Waals surface area contributed by atoms with E-state index in [1.165, 1.54) is 38.5 Å². The van der Waals surface area contributed by atoms with Gasteiger partial charge in [-0.3, -0.25) is 0 Å².